The largest absolute Gasteiger partial charge is 0.478 e. The molecule has 0 aromatic heterocycles. The van der Waals surface area contributed by atoms with Crippen LogP contribution >= 0.6 is 0 Å². The third-order valence-electron chi connectivity index (χ3n) is 2.32. The van der Waals surface area contributed by atoms with E-state index in [-0.39, 0.29) is 24.3 Å². The minimum atomic E-state index is -1.17. The number of primary amides is 2. The molecule has 0 heterocycles. The number of nitrogen functional groups attached to an aromatic ring is 1. The van der Waals surface area contributed by atoms with E-state index >= 15 is 0 Å². The molecule has 0 aliphatic heterocycles. The summed E-state index contributed by atoms with van der Waals surface area (Å²) in [4.78, 5) is 34.0. The Bertz CT molecular complexity index is 513. The van der Waals surface area contributed by atoms with Crippen LogP contribution in [0, 0.1) is 0 Å². The number of amides is 2. The van der Waals surface area contributed by atoms with Crippen molar-refractivity contribution in [3.05, 3.63) is 23.8 Å². The number of benzene rings is 1. The number of hydrogen-bond acceptors (Lipinski definition) is 5. The number of rotatable bonds is 6. The van der Waals surface area contributed by atoms with Gasteiger partial charge in [-0.25, -0.2) is 4.79 Å². The van der Waals surface area contributed by atoms with Crippen LogP contribution < -0.4 is 22.1 Å². The number of aromatic carboxylic acids is 1. The zero-order valence-electron chi connectivity index (χ0n) is 10.00. The second kappa shape index (κ2) is 5.71. The van der Waals surface area contributed by atoms with Crippen molar-refractivity contribution in [1.29, 1.82) is 0 Å². The molecule has 0 saturated heterocycles. The molecule has 0 aliphatic carbocycles. The number of hydrogen-bond donors (Lipinski definition) is 4. The SMILES string of the molecule is NC(=O)CN(CC(N)=O)c1ccc(C(=O)O)c(N)c1. The summed E-state index contributed by atoms with van der Waals surface area (Å²) in [5, 5.41) is 8.84. The predicted octanol–water partition coefficient (Wildman–Crippen LogP) is -1.26. The number of nitrogens with two attached hydrogens (primary N) is 3. The average Bonchev–Trinajstić information content (AvgIpc) is 2.26. The van der Waals surface area contributed by atoms with Crippen molar-refractivity contribution in [2.24, 2.45) is 11.5 Å². The monoisotopic (exact) mass is 266 g/mol. The highest BCUT2D eigenvalue weighted by atomic mass is 16.4. The molecular formula is C11H14N4O4. The standard InChI is InChI=1S/C11H14N4O4/c12-8-3-6(1-2-7(8)11(18)19)15(4-9(13)16)5-10(14)17/h1-3H,4-5,12H2,(H2,13,16)(H2,14,17)(H,18,19). The fourth-order valence-electron chi connectivity index (χ4n) is 1.56. The number of carboxylic acid groups (broad SMARTS) is 1. The Hall–Kier alpha value is -2.77. The minimum Gasteiger partial charge on any atom is -0.478 e. The van der Waals surface area contributed by atoms with Crippen molar-refractivity contribution in [1.82, 2.24) is 0 Å². The van der Waals surface area contributed by atoms with E-state index in [1.54, 1.807) is 0 Å². The zero-order valence-corrected chi connectivity index (χ0v) is 10.00. The summed E-state index contributed by atoms with van der Waals surface area (Å²) in [7, 11) is 0. The van der Waals surface area contributed by atoms with Gasteiger partial charge >= 0.3 is 5.97 Å². The molecule has 0 unspecified atom stereocenters. The quantitative estimate of drug-likeness (QED) is 0.471. The molecule has 0 bridgehead atoms. The van der Waals surface area contributed by atoms with E-state index in [4.69, 9.17) is 22.3 Å². The first-order valence-electron chi connectivity index (χ1n) is 5.25. The smallest absolute Gasteiger partial charge is 0.337 e. The Balaban J connectivity index is 3.08. The molecule has 0 fully saturated rings. The van der Waals surface area contributed by atoms with Gasteiger partial charge in [0.2, 0.25) is 11.8 Å². The van der Waals surface area contributed by atoms with Crippen LogP contribution in [0.2, 0.25) is 0 Å². The van der Waals surface area contributed by atoms with Gasteiger partial charge in [0.25, 0.3) is 0 Å². The highest BCUT2D eigenvalue weighted by molar-refractivity contribution is 5.95. The second-order valence-electron chi connectivity index (χ2n) is 3.87. The summed E-state index contributed by atoms with van der Waals surface area (Å²) in [6, 6.07) is 4.04. The van der Waals surface area contributed by atoms with E-state index < -0.39 is 17.8 Å². The molecular weight excluding hydrogens is 252 g/mol. The molecule has 102 valence electrons. The van der Waals surface area contributed by atoms with Gasteiger partial charge in [-0.05, 0) is 18.2 Å². The lowest BCUT2D eigenvalue weighted by Gasteiger charge is -2.22. The van der Waals surface area contributed by atoms with Gasteiger partial charge in [0, 0.05) is 11.4 Å². The van der Waals surface area contributed by atoms with Gasteiger partial charge in [0.05, 0.1) is 18.7 Å². The van der Waals surface area contributed by atoms with E-state index in [1.807, 2.05) is 0 Å². The van der Waals surface area contributed by atoms with Crippen molar-refractivity contribution in [2.45, 2.75) is 0 Å². The summed E-state index contributed by atoms with van der Waals surface area (Å²) in [5.41, 5.74) is 16.0. The van der Waals surface area contributed by atoms with Crippen LogP contribution in [0.1, 0.15) is 10.4 Å². The predicted molar refractivity (Wildman–Crippen MR) is 68.4 cm³/mol. The number of carbonyl (C=O) groups excluding carboxylic acids is 2. The van der Waals surface area contributed by atoms with Crippen LogP contribution in [0.25, 0.3) is 0 Å². The fraction of sp³-hybridized carbons (Fsp3) is 0.182. The summed E-state index contributed by atoms with van der Waals surface area (Å²) in [6.45, 7) is -0.455. The van der Waals surface area contributed by atoms with E-state index in [1.165, 1.54) is 23.1 Å². The maximum Gasteiger partial charge on any atom is 0.337 e. The number of nitrogens with zero attached hydrogens (tertiary/aromatic N) is 1. The average molecular weight is 266 g/mol. The normalized spacial score (nSPS) is 9.89. The topological polar surface area (TPSA) is 153 Å². The molecule has 1 aromatic carbocycles. The van der Waals surface area contributed by atoms with Gasteiger partial charge in [-0.2, -0.15) is 0 Å². The molecule has 2 amide bonds. The van der Waals surface area contributed by atoms with Crippen LogP contribution in [0.15, 0.2) is 18.2 Å². The summed E-state index contributed by atoms with van der Waals surface area (Å²) in [5.74, 6) is -2.47. The Morgan fingerprint density at radius 3 is 2.00 bits per heavy atom. The summed E-state index contributed by atoms with van der Waals surface area (Å²) < 4.78 is 0. The van der Waals surface area contributed by atoms with Gasteiger partial charge in [-0.15, -0.1) is 0 Å². The van der Waals surface area contributed by atoms with E-state index in [0.717, 1.165) is 0 Å². The minimum absolute atomic E-state index is 0.0175. The van der Waals surface area contributed by atoms with Gasteiger partial charge in [-0.1, -0.05) is 0 Å². The van der Waals surface area contributed by atoms with Crippen molar-refractivity contribution in [2.75, 3.05) is 23.7 Å². The van der Waals surface area contributed by atoms with Gasteiger partial charge in [0.15, 0.2) is 0 Å². The Kier molecular flexibility index (Phi) is 4.30. The van der Waals surface area contributed by atoms with Crippen LogP contribution in [0.3, 0.4) is 0 Å². The molecule has 0 aliphatic rings. The third-order valence-corrected chi connectivity index (χ3v) is 2.32. The van der Waals surface area contributed by atoms with Crippen LogP contribution in [0.5, 0.6) is 0 Å². The van der Waals surface area contributed by atoms with E-state index in [9.17, 15) is 14.4 Å². The van der Waals surface area contributed by atoms with Crippen LogP contribution in [-0.4, -0.2) is 36.0 Å². The van der Waals surface area contributed by atoms with Crippen molar-refractivity contribution >= 4 is 29.2 Å². The molecule has 8 nitrogen and oxygen atoms in total. The number of anilines is 2. The summed E-state index contributed by atoms with van der Waals surface area (Å²) >= 11 is 0. The molecule has 8 heteroatoms. The van der Waals surface area contributed by atoms with Gasteiger partial charge in [0.1, 0.15) is 0 Å². The zero-order chi connectivity index (χ0) is 14.6. The molecule has 0 saturated carbocycles. The lowest BCUT2D eigenvalue weighted by molar-refractivity contribution is -0.117. The first-order valence-corrected chi connectivity index (χ1v) is 5.25. The first-order chi connectivity index (χ1) is 8.81. The first kappa shape index (κ1) is 14.3. The molecule has 0 spiro atoms. The number of carbonyl (C=O) groups is 3. The fourth-order valence-corrected chi connectivity index (χ4v) is 1.56. The molecule has 19 heavy (non-hydrogen) atoms. The lowest BCUT2D eigenvalue weighted by Crippen LogP contribution is -2.39. The maximum absolute atomic E-state index is 10.9. The number of carboxylic acids is 1. The van der Waals surface area contributed by atoms with Crippen molar-refractivity contribution in [3.8, 4) is 0 Å². The molecule has 0 radical (unpaired) electrons. The lowest BCUT2D eigenvalue weighted by atomic mass is 10.1. The van der Waals surface area contributed by atoms with E-state index in [0.29, 0.717) is 5.69 Å². The van der Waals surface area contributed by atoms with E-state index in [2.05, 4.69) is 0 Å². The molecule has 0 atom stereocenters. The second-order valence-corrected chi connectivity index (χ2v) is 3.87. The summed E-state index contributed by atoms with van der Waals surface area (Å²) in [6.07, 6.45) is 0. The molecule has 1 aromatic rings. The van der Waals surface area contributed by atoms with Crippen molar-refractivity contribution < 1.29 is 19.5 Å². The Morgan fingerprint density at radius 2 is 1.63 bits per heavy atom. The molecule has 1 rings (SSSR count). The Labute approximate surface area is 108 Å². The van der Waals surface area contributed by atoms with Crippen LogP contribution in [0.4, 0.5) is 11.4 Å². The highest BCUT2D eigenvalue weighted by Gasteiger charge is 2.15. The van der Waals surface area contributed by atoms with Gasteiger partial charge in [-0.3, -0.25) is 9.59 Å². The Morgan fingerprint density at radius 1 is 1.11 bits per heavy atom. The third kappa shape index (κ3) is 3.87. The highest BCUT2D eigenvalue weighted by Crippen LogP contribution is 2.21. The maximum atomic E-state index is 10.9. The van der Waals surface area contributed by atoms with Gasteiger partial charge < -0.3 is 27.2 Å². The van der Waals surface area contributed by atoms with Crippen LogP contribution in [-0.2, 0) is 9.59 Å². The molecule has 7 N–H and O–H groups in total. The van der Waals surface area contributed by atoms with Crippen molar-refractivity contribution in [3.63, 3.8) is 0 Å².